The number of sulfone groups is 1. The molecule has 9 heteroatoms. The second-order valence-electron chi connectivity index (χ2n) is 8.27. The first-order valence-electron chi connectivity index (χ1n) is 10.6. The lowest BCUT2D eigenvalue weighted by Gasteiger charge is -2.32. The van der Waals surface area contributed by atoms with Gasteiger partial charge in [0, 0.05) is 6.26 Å². The number of hydrogen-bond donors (Lipinski definition) is 3. The lowest BCUT2D eigenvalue weighted by molar-refractivity contribution is -0.134. The Morgan fingerprint density at radius 3 is 2.29 bits per heavy atom. The van der Waals surface area contributed by atoms with Crippen LogP contribution in [0.5, 0.6) is 5.75 Å². The second-order valence-corrected chi connectivity index (χ2v) is 10.5. The molecule has 0 saturated carbocycles. The van der Waals surface area contributed by atoms with Gasteiger partial charge in [0.15, 0.2) is 9.84 Å². The third kappa shape index (κ3) is 5.80. The van der Waals surface area contributed by atoms with Crippen LogP contribution in [0.25, 0.3) is 21.9 Å². The van der Waals surface area contributed by atoms with E-state index in [9.17, 15) is 23.1 Å². The molecule has 0 radical (unpaired) electrons. The maximum absolute atomic E-state index is 12.2. The van der Waals surface area contributed by atoms with Crippen LogP contribution in [-0.2, 0) is 19.4 Å². The molecule has 180 valence electrons. The molecule has 0 aliphatic carbocycles. The normalized spacial score (nSPS) is 14.2. The van der Waals surface area contributed by atoms with E-state index in [0.717, 1.165) is 21.9 Å². The zero-order valence-electron chi connectivity index (χ0n) is 19.2. The predicted octanol–water partition coefficient (Wildman–Crippen LogP) is 2.21. The van der Waals surface area contributed by atoms with Crippen LogP contribution in [0, 0.1) is 0 Å². The van der Waals surface area contributed by atoms with E-state index in [0.29, 0.717) is 11.3 Å². The number of nitrogens with one attached hydrogen (secondary N) is 2. The fourth-order valence-electron chi connectivity index (χ4n) is 3.57. The summed E-state index contributed by atoms with van der Waals surface area (Å²) in [5.41, 5.74) is 1.04. The Balaban J connectivity index is 1.78. The van der Waals surface area contributed by atoms with Crippen LogP contribution < -0.4 is 15.4 Å². The van der Waals surface area contributed by atoms with E-state index < -0.39 is 27.4 Å². The molecule has 0 bridgehead atoms. The van der Waals surface area contributed by atoms with E-state index in [4.69, 9.17) is 4.74 Å². The van der Waals surface area contributed by atoms with Crippen molar-refractivity contribution in [3.63, 3.8) is 0 Å². The first-order valence-corrected chi connectivity index (χ1v) is 12.7. The molecule has 0 aliphatic heterocycles. The SMILES string of the molecule is CN[C@@](C)(C(=O)NC=O)[C@H](O)c1ccc(-c2ccc3cc(OCCS(C)(=O)=O)ccc3c2)cc1. The van der Waals surface area contributed by atoms with Crippen LogP contribution in [0.3, 0.4) is 0 Å². The summed E-state index contributed by atoms with van der Waals surface area (Å²) in [5.74, 6) is -0.0617. The summed E-state index contributed by atoms with van der Waals surface area (Å²) >= 11 is 0. The molecule has 3 rings (SSSR count). The average Bonchev–Trinajstić information content (AvgIpc) is 2.82. The minimum absolute atomic E-state index is 0.0378. The van der Waals surface area contributed by atoms with Crippen LogP contribution in [0.15, 0.2) is 60.7 Å². The second kappa shape index (κ2) is 10.3. The van der Waals surface area contributed by atoms with Crippen molar-refractivity contribution in [3.05, 3.63) is 66.2 Å². The number of hydrogen-bond acceptors (Lipinski definition) is 7. The fourth-order valence-corrected chi connectivity index (χ4v) is 3.96. The zero-order valence-corrected chi connectivity index (χ0v) is 20.1. The first-order chi connectivity index (χ1) is 16.1. The molecule has 3 N–H and O–H groups in total. The van der Waals surface area contributed by atoms with Gasteiger partial charge in [0.2, 0.25) is 12.3 Å². The van der Waals surface area contributed by atoms with Crippen LogP contribution in [-0.4, -0.2) is 57.0 Å². The highest BCUT2D eigenvalue weighted by Gasteiger charge is 2.40. The van der Waals surface area contributed by atoms with Crippen molar-refractivity contribution in [2.75, 3.05) is 25.7 Å². The Morgan fingerprint density at radius 2 is 1.68 bits per heavy atom. The number of fused-ring (bicyclic) bond motifs is 1. The van der Waals surface area contributed by atoms with E-state index in [-0.39, 0.29) is 18.8 Å². The van der Waals surface area contributed by atoms with Gasteiger partial charge in [-0.05, 0) is 59.6 Å². The highest BCUT2D eigenvalue weighted by atomic mass is 32.2. The molecule has 34 heavy (non-hydrogen) atoms. The summed E-state index contributed by atoms with van der Waals surface area (Å²) in [7, 11) is -1.54. The lowest BCUT2D eigenvalue weighted by atomic mass is 9.87. The number of carbonyl (C=O) groups is 2. The van der Waals surface area contributed by atoms with Crippen LogP contribution >= 0.6 is 0 Å². The Hall–Kier alpha value is -3.27. The Kier molecular flexibility index (Phi) is 7.71. The maximum atomic E-state index is 12.2. The van der Waals surface area contributed by atoms with Gasteiger partial charge in [-0.3, -0.25) is 14.9 Å². The van der Waals surface area contributed by atoms with Crippen molar-refractivity contribution >= 4 is 32.9 Å². The van der Waals surface area contributed by atoms with Gasteiger partial charge in [-0.2, -0.15) is 0 Å². The van der Waals surface area contributed by atoms with Gasteiger partial charge in [-0.1, -0.05) is 42.5 Å². The van der Waals surface area contributed by atoms with Crippen molar-refractivity contribution in [2.45, 2.75) is 18.6 Å². The highest BCUT2D eigenvalue weighted by Crippen LogP contribution is 2.30. The average molecular weight is 485 g/mol. The van der Waals surface area contributed by atoms with Crippen LogP contribution in [0.1, 0.15) is 18.6 Å². The van der Waals surface area contributed by atoms with E-state index in [1.54, 1.807) is 25.2 Å². The zero-order chi connectivity index (χ0) is 24.9. The molecule has 0 spiro atoms. The molecule has 8 nitrogen and oxygen atoms in total. The van der Waals surface area contributed by atoms with E-state index in [1.807, 2.05) is 42.5 Å². The van der Waals surface area contributed by atoms with Gasteiger partial charge < -0.3 is 15.2 Å². The molecule has 3 aromatic carbocycles. The Labute approximate surface area is 198 Å². The summed E-state index contributed by atoms with van der Waals surface area (Å²) in [5, 5.41) is 17.6. The van der Waals surface area contributed by atoms with E-state index in [2.05, 4.69) is 10.6 Å². The van der Waals surface area contributed by atoms with Crippen LogP contribution in [0.4, 0.5) is 0 Å². The molecule has 3 aromatic rings. The Morgan fingerprint density at radius 1 is 1.06 bits per heavy atom. The van der Waals surface area contributed by atoms with Gasteiger partial charge in [0.25, 0.3) is 0 Å². The van der Waals surface area contributed by atoms with Gasteiger partial charge >= 0.3 is 0 Å². The van der Waals surface area contributed by atoms with E-state index >= 15 is 0 Å². The topological polar surface area (TPSA) is 122 Å². The van der Waals surface area contributed by atoms with Crippen molar-refractivity contribution < 1.29 is 27.9 Å². The molecule has 0 aliphatic rings. The van der Waals surface area contributed by atoms with E-state index in [1.165, 1.54) is 13.2 Å². The van der Waals surface area contributed by atoms with Crippen molar-refractivity contribution in [2.24, 2.45) is 0 Å². The maximum Gasteiger partial charge on any atom is 0.249 e. The Bertz CT molecular complexity index is 1290. The van der Waals surface area contributed by atoms with Gasteiger partial charge in [0.1, 0.15) is 24.0 Å². The molecule has 0 heterocycles. The van der Waals surface area contributed by atoms with Crippen molar-refractivity contribution in [1.82, 2.24) is 10.6 Å². The molecular formula is C25H28N2O6S. The number of carbonyl (C=O) groups excluding carboxylic acids is 2. The largest absolute Gasteiger partial charge is 0.493 e. The van der Waals surface area contributed by atoms with Gasteiger partial charge in [-0.25, -0.2) is 8.42 Å². The fraction of sp³-hybridized carbons (Fsp3) is 0.280. The molecule has 0 unspecified atom stereocenters. The van der Waals surface area contributed by atoms with Crippen LogP contribution in [0.2, 0.25) is 0 Å². The highest BCUT2D eigenvalue weighted by molar-refractivity contribution is 7.90. The van der Waals surface area contributed by atoms with Gasteiger partial charge in [-0.15, -0.1) is 0 Å². The molecule has 0 fully saturated rings. The predicted molar refractivity (Wildman–Crippen MR) is 131 cm³/mol. The summed E-state index contributed by atoms with van der Waals surface area (Å²) in [6.07, 6.45) is 0.289. The molecule has 2 amide bonds. The number of likely N-dealkylation sites (N-methyl/N-ethyl adjacent to an activating group) is 1. The number of rotatable bonds is 10. The lowest BCUT2D eigenvalue weighted by Crippen LogP contribution is -2.57. The minimum Gasteiger partial charge on any atom is -0.493 e. The smallest absolute Gasteiger partial charge is 0.249 e. The quantitative estimate of drug-likeness (QED) is 0.377. The number of aliphatic hydroxyl groups excluding tert-OH is 1. The number of imide groups is 1. The summed E-state index contributed by atoms with van der Waals surface area (Å²) < 4.78 is 28.1. The third-order valence-electron chi connectivity index (χ3n) is 5.82. The summed E-state index contributed by atoms with van der Waals surface area (Å²) in [6.45, 7) is 1.62. The number of ether oxygens (including phenoxy) is 1. The number of amides is 2. The summed E-state index contributed by atoms with van der Waals surface area (Å²) in [4.78, 5) is 22.9. The first kappa shape index (κ1) is 25.4. The third-order valence-corrected chi connectivity index (χ3v) is 6.73. The standard InChI is InChI=1S/C25H28N2O6S/c1-25(26-2,24(30)27-16-28)23(29)18-6-4-17(5-7-18)19-8-9-21-15-22(11-10-20(21)14-19)33-12-13-34(3,31)32/h4-11,14-16,23,26,29H,12-13H2,1-3H3,(H,27,28,30)/t23-,25-/m1/s1. The molecule has 0 aromatic heterocycles. The number of aliphatic hydroxyl groups is 1. The molecule has 2 atom stereocenters. The van der Waals surface area contributed by atoms with Crippen molar-refractivity contribution in [1.29, 1.82) is 0 Å². The van der Waals surface area contributed by atoms with Gasteiger partial charge in [0.05, 0.1) is 5.75 Å². The number of benzene rings is 3. The van der Waals surface area contributed by atoms with Crippen molar-refractivity contribution in [3.8, 4) is 16.9 Å². The monoisotopic (exact) mass is 484 g/mol. The summed E-state index contributed by atoms with van der Waals surface area (Å²) in [6, 6.07) is 18.7. The minimum atomic E-state index is -3.08. The molecular weight excluding hydrogens is 456 g/mol. The molecule has 0 saturated heterocycles.